The van der Waals surface area contributed by atoms with E-state index in [1.807, 2.05) is 31.2 Å². The summed E-state index contributed by atoms with van der Waals surface area (Å²) in [5.74, 6) is -0.166. The molecule has 1 unspecified atom stereocenters. The highest BCUT2D eigenvalue weighted by Crippen LogP contribution is 2.30. The van der Waals surface area contributed by atoms with Gasteiger partial charge in [-0.25, -0.2) is 0 Å². The number of nitrogens with zero attached hydrogens (tertiary/aromatic N) is 3. The van der Waals surface area contributed by atoms with E-state index in [4.69, 9.17) is 0 Å². The molecule has 1 aromatic carbocycles. The molecule has 2 N–H and O–H groups in total. The highest BCUT2D eigenvalue weighted by Gasteiger charge is 2.39. The summed E-state index contributed by atoms with van der Waals surface area (Å²) in [5, 5.41) is 13.8. The molecule has 0 bridgehead atoms. The molecule has 1 atom stereocenters. The number of hydrogen-bond donors (Lipinski definition) is 2. The maximum Gasteiger partial charge on any atom is 0.255 e. The van der Waals surface area contributed by atoms with E-state index in [2.05, 4.69) is 20.8 Å². The van der Waals surface area contributed by atoms with Gasteiger partial charge in [0.05, 0.1) is 5.69 Å². The van der Waals surface area contributed by atoms with E-state index in [9.17, 15) is 14.4 Å². The Bertz CT molecular complexity index is 925. The largest absolute Gasteiger partial charge is 0.369 e. The van der Waals surface area contributed by atoms with Crippen molar-refractivity contribution in [2.24, 2.45) is 0 Å². The van der Waals surface area contributed by atoms with Crippen LogP contribution in [0.4, 0.5) is 5.82 Å². The van der Waals surface area contributed by atoms with Gasteiger partial charge in [-0.15, -0.1) is 10.2 Å². The first kappa shape index (κ1) is 17.1. The summed E-state index contributed by atoms with van der Waals surface area (Å²) in [4.78, 5) is 37.7. The van der Waals surface area contributed by atoms with Crippen molar-refractivity contribution in [3.05, 3.63) is 41.5 Å². The number of benzene rings is 1. The zero-order valence-electron chi connectivity index (χ0n) is 14.9. The van der Waals surface area contributed by atoms with E-state index in [0.29, 0.717) is 30.0 Å². The number of carbonyl (C=O) groups is 3. The Morgan fingerprint density at radius 2 is 2.04 bits per heavy atom. The molecule has 3 amide bonds. The Labute approximate surface area is 156 Å². The predicted molar refractivity (Wildman–Crippen MR) is 97.7 cm³/mol. The third-order valence-corrected chi connectivity index (χ3v) is 4.84. The molecule has 1 saturated heterocycles. The fraction of sp³-hybridized carbons (Fsp3) is 0.316. The van der Waals surface area contributed by atoms with Crippen molar-refractivity contribution in [1.82, 2.24) is 20.4 Å². The molecular weight excluding hydrogens is 346 g/mol. The maximum absolute atomic E-state index is 12.7. The van der Waals surface area contributed by atoms with Gasteiger partial charge in [0.1, 0.15) is 11.9 Å². The number of carbonyl (C=O) groups excluding carboxylic acids is 3. The first-order valence-corrected chi connectivity index (χ1v) is 8.92. The fourth-order valence-corrected chi connectivity index (χ4v) is 3.50. The molecule has 0 saturated carbocycles. The van der Waals surface area contributed by atoms with Gasteiger partial charge < -0.3 is 10.2 Å². The standard InChI is InChI=1S/C19H19N5O3/c1-2-20-16-7-5-14(22-23-16)11-3-4-13-12(9-11)10-24(19(13)27)15-6-8-17(25)21-18(15)26/h3-5,7,9,15H,2,6,8,10H2,1H3,(H,20,23)(H,21,25,26). The Balaban J connectivity index is 1.57. The number of anilines is 1. The van der Waals surface area contributed by atoms with Crippen LogP contribution in [0.2, 0.25) is 0 Å². The van der Waals surface area contributed by atoms with Gasteiger partial charge in [0, 0.05) is 30.6 Å². The van der Waals surface area contributed by atoms with Gasteiger partial charge in [-0.2, -0.15) is 0 Å². The number of imide groups is 1. The maximum atomic E-state index is 12.7. The molecule has 2 aliphatic rings. The molecule has 4 rings (SSSR count). The lowest BCUT2D eigenvalue weighted by molar-refractivity contribution is -0.136. The summed E-state index contributed by atoms with van der Waals surface area (Å²) in [6.45, 7) is 3.10. The quantitative estimate of drug-likeness (QED) is 0.793. The lowest BCUT2D eigenvalue weighted by Gasteiger charge is -2.29. The molecule has 2 aliphatic heterocycles. The average Bonchev–Trinajstić information content (AvgIpc) is 2.98. The Hall–Kier alpha value is -3.29. The lowest BCUT2D eigenvalue weighted by Crippen LogP contribution is -2.52. The minimum absolute atomic E-state index is 0.181. The van der Waals surface area contributed by atoms with Gasteiger partial charge >= 0.3 is 0 Å². The number of amides is 3. The normalized spacial score (nSPS) is 19.1. The second kappa shape index (κ2) is 6.79. The van der Waals surface area contributed by atoms with Crippen LogP contribution in [0.3, 0.4) is 0 Å². The molecule has 3 heterocycles. The molecule has 1 aromatic heterocycles. The van der Waals surface area contributed by atoms with Crippen LogP contribution in [0.1, 0.15) is 35.7 Å². The van der Waals surface area contributed by atoms with E-state index in [1.165, 1.54) is 4.90 Å². The Morgan fingerprint density at radius 1 is 1.19 bits per heavy atom. The Kier molecular flexibility index (Phi) is 4.31. The topological polar surface area (TPSA) is 104 Å². The van der Waals surface area contributed by atoms with E-state index >= 15 is 0 Å². The first-order chi connectivity index (χ1) is 13.1. The molecule has 8 nitrogen and oxygen atoms in total. The van der Waals surface area contributed by atoms with Gasteiger partial charge in [0.25, 0.3) is 5.91 Å². The lowest BCUT2D eigenvalue weighted by atomic mass is 10.0. The SMILES string of the molecule is CCNc1ccc(-c2ccc3c(c2)CN(C2CCC(=O)NC2=O)C3=O)nn1. The summed E-state index contributed by atoms with van der Waals surface area (Å²) < 4.78 is 0. The molecule has 0 spiro atoms. The highest BCUT2D eigenvalue weighted by atomic mass is 16.2. The van der Waals surface area contributed by atoms with Crippen LogP contribution in [0.15, 0.2) is 30.3 Å². The zero-order valence-corrected chi connectivity index (χ0v) is 14.9. The van der Waals surface area contributed by atoms with E-state index in [1.54, 1.807) is 6.07 Å². The number of nitrogens with one attached hydrogen (secondary N) is 2. The molecule has 138 valence electrons. The number of hydrogen-bond acceptors (Lipinski definition) is 6. The van der Waals surface area contributed by atoms with Gasteiger partial charge in [0.2, 0.25) is 11.8 Å². The van der Waals surface area contributed by atoms with Crippen LogP contribution in [0.25, 0.3) is 11.3 Å². The molecule has 1 fully saturated rings. The second-order valence-corrected chi connectivity index (χ2v) is 6.61. The molecule has 0 aliphatic carbocycles. The van der Waals surface area contributed by atoms with Crippen molar-refractivity contribution >= 4 is 23.5 Å². The van der Waals surface area contributed by atoms with Crippen LogP contribution in [0.5, 0.6) is 0 Å². The summed E-state index contributed by atoms with van der Waals surface area (Å²) >= 11 is 0. The van der Waals surface area contributed by atoms with Gasteiger partial charge in [-0.1, -0.05) is 6.07 Å². The Morgan fingerprint density at radius 3 is 2.74 bits per heavy atom. The van der Waals surface area contributed by atoms with Crippen LogP contribution >= 0.6 is 0 Å². The fourth-order valence-electron chi connectivity index (χ4n) is 3.50. The number of rotatable bonds is 4. The van der Waals surface area contributed by atoms with E-state index in [-0.39, 0.29) is 18.2 Å². The summed E-state index contributed by atoms with van der Waals surface area (Å²) in [6, 6.07) is 8.64. The number of aromatic nitrogens is 2. The average molecular weight is 365 g/mol. The predicted octanol–water partition coefficient (Wildman–Crippen LogP) is 1.34. The molecule has 27 heavy (non-hydrogen) atoms. The monoisotopic (exact) mass is 365 g/mol. The molecule has 8 heteroatoms. The number of piperidine rings is 1. The van der Waals surface area contributed by atoms with Crippen LogP contribution < -0.4 is 10.6 Å². The van der Waals surface area contributed by atoms with Gasteiger partial charge in [0.15, 0.2) is 0 Å². The van der Waals surface area contributed by atoms with Crippen LogP contribution in [-0.4, -0.2) is 45.4 Å². The summed E-state index contributed by atoms with van der Waals surface area (Å²) in [6.07, 6.45) is 0.601. The van der Waals surface area contributed by atoms with Crippen molar-refractivity contribution in [1.29, 1.82) is 0 Å². The van der Waals surface area contributed by atoms with E-state index < -0.39 is 11.9 Å². The second-order valence-electron chi connectivity index (χ2n) is 6.61. The van der Waals surface area contributed by atoms with Crippen LogP contribution in [0, 0.1) is 0 Å². The first-order valence-electron chi connectivity index (χ1n) is 8.92. The van der Waals surface area contributed by atoms with Crippen molar-refractivity contribution in [3.8, 4) is 11.3 Å². The summed E-state index contributed by atoms with van der Waals surface area (Å²) in [5.41, 5.74) is 3.01. The number of fused-ring (bicyclic) bond motifs is 1. The van der Waals surface area contributed by atoms with Crippen molar-refractivity contribution in [3.63, 3.8) is 0 Å². The smallest absolute Gasteiger partial charge is 0.255 e. The highest BCUT2D eigenvalue weighted by molar-refractivity contribution is 6.05. The van der Waals surface area contributed by atoms with Crippen molar-refractivity contribution in [2.45, 2.75) is 32.4 Å². The minimum atomic E-state index is -0.606. The zero-order chi connectivity index (χ0) is 19.0. The third kappa shape index (κ3) is 3.14. The van der Waals surface area contributed by atoms with Crippen LogP contribution in [-0.2, 0) is 16.1 Å². The van der Waals surface area contributed by atoms with Crippen molar-refractivity contribution in [2.75, 3.05) is 11.9 Å². The van der Waals surface area contributed by atoms with Gasteiger partial charge in [-0.05, 0) is 43.2 Å². The van der Waals surface area contributed by atoms with Gasteiger partial charge in [-0.3, -0.25) is 19.7 Å². The van der Waals surface area contributed by atoms with E-state index in [0.717, 1.165) is 17.7 Å². The summed E-state index contributed by atoms with van der Waals surface area (Å²) in [7, 11) is 0. The minimum Gasteiger partial charge on any atom is -0.369 e. The molecular formula is C19H19N5O3. The van der Waals surface area contributed by atoms with Crippen molar-refractivity contribution < 1.29 is 14.4 Å². The molecule has 2 aromatic rings. The molecule has 0 radical (unpaired) electrons. The third-order valence-electron chi connectivity index (χ3n) is 4.84.